The van der Waals surface area contributed by atoms with Crippen LogP contribution in [-0.2, 0) is 4.79 Å². The molecule has 3 aromatic rings. The zero-order valence-electron chi connectivity index (χ0n) is 11.0. The topological polar surface area (TPSA) is 92.7 Å². The van der Waals surface area contributed by atoms with E-state index in [-0.39, 0.29) is 22.8 Å². The van der Waals surface area contributed by atoms with Crippen molar-refractivity contribution in [2.45, 2.75) is 6.92 Å². The van der Waals surface area contributed by atoms with Crippen LogP contribution in [-0.4, -0.2) is 11.0 Å². The number of benzene rings is 1. The standard InChI is InChI=1S/C15H11NO5/c1-8(17)16-9-4-5-11-10(7-9)13(18)14(19)15(21-11)12-3-2-6-20-12/h2-7,19H,1H3,(H,16,17). The summed E-state index contributed by atoms with van der Waals surface area (Å²) in [5.74, 6) is -0.546. The number of aromatic hydroxyl groups is 1. The summed E-state index contributed by atoms with van der Waals surface area (Å²) >= 11 is 0. The predicted octanol–water partition coefficient (Wildman–Crippen LogP) is 2.72. The SMILES string of the molecule is CC(=O)Nc1ccc2oc(-c3ccco3)c(O)c(=O)c2c1. The lowest BCUT2D eigenvalue weighted by Crippen LogP contribution is -2.07. The molecule has 0 saturated carbocycles. The zero-order chi connectivity index (χ0) is 15.0. The second-order valence-electron chi connectivity index (χ2n) is 4.48. The van der Waals surface area contributed by atoms with E-state index in [0.717, 1.165) is 0 Å². The molecule has 2 heterocycles. The van der Waals surface area contributed by atoms with Gasteiger partial charge in [0.15, 0.2) is 5.76 Å². The number of furan rings is 1. The lowest BCUT2D eigenvalue weighted by Gasteiger charge is -2.06. The quantitative estimate of drug-likeness (QED) is 0.755. The van der Waals surface area contributed by atoms with Gasteiger partial charge in [0.2, 0.25) is 22.8 Å². The number of rotatable bonds is 2. The van der Waals surface area contributed by atoms with Crippen LogP contribution in [0.4, 0.5) is 5.69 Å². The van der Waals surface area contributed by atoms with Gasteiger partial charge in [-0.3, -0.25) is 9.59 Å². The van der Waals surface area contributed by atoms with Crippen molar-refractivity contribution in [3.8, 4) is 17.3 Å². The van der Waals surface area contributed by atoms with Crippen molar-refractivity contribution in [3.63, 3.8) is 0 Å². The molecule has 0 radical (unpaired) electrons. The van der Waals surface area contributed by atoms with Crippen molar-refractivity contribution in [2.24, 2.45) is 0 Å². The molecule has 6 nitrogen and oxygen atoms in total. The number of carbonyl (C=O) groups is 1. The molecule has 0 bridgehead atoms. The molecule has 2 aromatic heterocycles. The summed E-state index contributed by atoms with van der Waals surface area (Å²) in [6.07, 6.45) is 1.42. The zero-order valence-corrected chi connectivity index (χ0v) is 11.0. The van der Waals surface area contributed by atoms with Gasteiger partial charge in [-0.05, 0) is 30.3 Å². The number of hydrogen-bond acceptors (Lipinski definition) is 5. The monoisotopic (exact) mass is 285 g/mol. The summed E-state index contributed by atoms with van der Waals surface area (Å²) in [6, 6.07) is 7.81. The van der Waals surface area contributed by atoms with Gasteiger partial charge in [-0.1, -0.05) is 0 Å². The van der Waals surface area contributed by atoms with Crippen molar-refractivity contribution in [1.29, 1.82) is 0 Å². The Labute approximate surface area is 118 Å². The van der Waals surface area contributed by atoms with Crippen LogP contribution in [0.2, 0.25) is 0 Å². The van der Waals surface area contributed by atoms with Crippen molar-refractivity contribution in [3.05, 3.63) is 46.8 Å². The first-order valence-electron chi connectivity index (χ1n) is 6.17. The van der Waals surface area contributed by atoms with Crippen LogP contribution in [0.5, 0.6) is 5.75 Å². The number of carbonyl (C=O) groups excluding carboxylic acids is 1. The summed E-state index contributed by atoms with van der Waals surface area (Å²) in [5, 5.41) is 12.7. The van der Waals surface area contributed by atoms with Gasteiger partial charge in [0.25, 0.3) is 0 Å². The fraction of sp³-hybridized carbons (Fsp3) is 0.0667. The molecule has 1 aromatic carbocycles. The summed E-state index contributed by atoms with van der Waals surface area (Å²) in [5.41, 5.74) is 0.153. The van der Waals surface area contributed by atoms with Crippen LogP contribution < -0.4 is 10.7 Å². The van der Waals surface area contributed by atoms with Gasteiger partial charge in [0, 0.05) is 12.6 Å². The fourth-order valence-electron chi connectivity index (χ4n) is 2.04. The number of hydrogen-bond donors (Lipinski definition) is 2. The highest BCUT2D eigenvalue weighted by molar-refractivity contribution is 5.92. The average Bonchev–Trinajstić information content (AvgIpc) is 2.96. The molecule has 3 rings (SSSR count). The first-order valence-corrected chi connectivity index (χ1v) is 6.17. The highest BCUT2D eigenvalue weighted by Gasteiger charge is 2.17. The Morgan fingerprint density at radius 1 is 1.29 bits per heavy atom. The number of nitrogens with one attached hydrogen (secondary N) is 1. The Balaban J connectivity index is 2.23. The van der Waals surface area contributed by atoms with Gasteiger partial charge in [-0.15, -0.1) is 0 Å². The molecule has 1 amide bonds. The fourth-order valence-corrected chi connectivity index (χ4v) is 2.04. The maximum atomic E-state index is 12.2. The third kappa shape index (κ3) is 2.27. The van der Waals surface area contributed by atoms with Crippen LogP contribution >= 0.6 is 0 Å². The minimum Gasteiger partial charge on any atom is -0.501 e. The normalized spacial score (nSPS) is 10.7. The number of anilines is 1. The van der Waals surface area contributed by atoms with Crippen LogP contribution in [0.3, 0.4) is 0 Å². The summed E-state index contributed by atoms with van der Waals surface area (Å²) < 4.78 is 10.7. The molecule has 0 aliphatic carbocycles. The van der Waals surface area contributed by atoms with Crippen molar-refractivity contribution < 1.29 is 18.7 Å². The maximum Gasteiger partial charge on any atom is 0.235 e. The Kier molecular flexibility index (Phi) is 2.98. The third-order valence-corrected chi connectivity index (χ3v) is 2.93. The van der Waals surface area contributed by atoms with E-state index in [2.05, 4.69) is 5.32 Å². The maximum absolute atomic E-state index is 12.2. The largest absolute Gasteiger partial charge is 0.501 e. The summed E-state index contributed by atoms with van der Waals surface area (Å²) in [4.78, 5) is 23.3. The molecular weight excluding hydrogens is 274 g/mol. The molecule has 0 aliphatic heterocycles. The van der Waals surface area contributed by atoms with Gasteiger partial charge in [-0.25, -0.2) is 0 Å². The van der Waals surface area contributed by atoms with Crippen LogP contribution in [0.1, 0.15) is 6.92 Å². The molecule has 0 saturated heterocycles. The second-order valence-corrected chi connectivity index (χ2v) is 4.48. The van der Waals surface area contributed by atoms with Gasteiger partial charge in [0.05, 0.1) is 11.6 Å². The van der Waals surface area contributed by atoms with Crippen LogP contribution in [0.25, 0.3) is 22.5 Å². The van der Waals surface area contributed by atoms with Crippen LogP contribution in [0, 0.1) is 0 Å². The van der Waals surface area contributed by atoms with Gasteiger partial charge < -0.3 is 19.3 Å². The Morgan fingerprint density at radius 3 is 2.76 bits per heavy atom. The molecule has 0 atom stereocenters. The minimum atomic E-state index is -0.588. The molecule has 2 N–H and O–H groups in total. The Bertz CT molecular complexity index is 877. The second kappa shape index (κ2) is 4.82. The van der Waals surface area contributed by atoms with E-state index in [4.69, 9.17) is 8.83 Å². The van der Waals surface area contributed by atoms with Crippen molar-refractivity contribution >= 4 is 22.6 Å². The molecule has 106 valence electrons. The lowest BCUT2D eigenvalue weighted by molar-refractivity contribution is -0.114. The Morgan fingerprint density at radius 2 is 2.10 bits per heavy atom. The molecule has 21 heavy (non-hydrogen) atoms. The van der Waals surface area contributed by atoms with Gasteiger partial charge in [-0.2, -0.15) is 0 Å². The van der Waals surface area contributed by atoms with E-state index in [1.165, 1.54) is 19.3 Å². The molecule has 6 heteroatoms. The predicted molar refractivity (Wildman–Crippen MR) is 76.2 cm³/mol. The highest BCUT2D eigenvalue weighted by Crippen LogP contribution is 2.30. The molecule has 0 spiro atoms. The van der Waals surface area contributed by atoms with Gasteiger partial charge in [0.1, 0.15) is 5.58 Å². The van der Waals surface area contributed by atoms with E-state index < -0.39 is 11.2 Å². The summed E-state index contributed by atoms with van der Waals surface area (Å²) in [7, 11) is 0. The third-order valence-electron chi connectivity index (χ3n) is 2.93. The number of amides is 1. The first-order chi connectivity index (χ1) is 10.1. The van der Waals surface area contributed by atoms with E-state index >= 15 is 0 Å². The molecular formula is C15H11NO5. The van der Waals surface area contributed by atoms with Crippen LogP contribution in [0.15, 0.2) is 50.2 Å². The van der Waals surface area contributed by atoms with E-state index in [0.29, 0.717) is 11.3 Å². The smallest absolute Gasteiger partial charge is 0.235 e. The molecule has 0 unspecified atom stereocenters. The van der Waals surface area contributed by atoms with E-state index in [1.807, 2.05) is 0 Å². The van der Waals surface area contributed by atoms with E-state index in [1.54, 1.807) is 24.3 Å². The first kappa shape index (κ1) is 13.0. The summed E-state index contributed by atoms with van der Waals surface area (Å²) in [6.45, 7) is 1.37. The van der Waals surface area contributed by atoms with E-state index in [9.17, 15) is 14.7 Å². The number of fused-ring (bicyclic) bond motifs is 1. The molecule has 0 aliphatic rings. The van der Waals surface area contributed by atoms with Crippen molar-refractivity contribution in [1.82, 2.24) is 0 Å². The highest BCUT2D eigenvalue weighted by atomic mass is 16.4. The lowest BCUT2D eigenvalue weighted by atomic mass is 10.1. The van der Waals surface area contributed by atoms with Crippen molar-refractivity contribution in [2.75, 3.05) is 5.32 Å². The molecule has 0 fully saturated rings. The average molecular weight is 285 g/mol. The Hall–Kier alpha value is -3.02. The van der Waals surface area contributed by atoms with Gasteiger partial charge >= 0.3 is 0 Å². The minimum absolute atomic E-state index is 0.0234.